The first kappa shape index (κ1) is 14.2. The van der Waals surface area contributed by atoms with Crippen LogP contribution in [0.1, 0.15) is 50.8 Å². The highest BCUT2D eigenvalue weighted by molar-refractivity contribution is 5.26. The van der Waals surface area contributed by atoms with Crippen LogP contribution < -0.4 is 0 Å². The van der Waals surface area contributed by atoms with Gasteiger partial charge in [-0.05, 0) is 29.9 Å². The summed E-state index contributed by atoms with van der Waals surface area (Å²) in [6, 6.07) is 7.91. The molecule has 96 valence electrons. The van der Waals surface area contributed by atoms with Gasteiger partial charge in [-0.1, -0.05) is 51.5 Å². The van der Waals surface area contributed by atoms with Gasteiger partial charge in [-0.3, -0.25) is 0 Å². The van der Waals surface area contributed by atoms with Crippen LogP contribution in [-0.4, -0.2) is 16.3 Å². The predicted octanol–water partition coefficient (Wildman–Crippen LogP) is 3.08. The number of aliphatic hydroxyl groups is 2. The highest BCUT2D eigenvalue weighted by Gasteiger charge is 2.17. The summed E-state index contributed by atoms with van der Waals surface area (Å²) in [5.41, 5.74) is 2.05. The van der Waals surface area contributed by atoms with Crippen molar-refractivity contribution < 1.29 is 10.2 Å². The first-order valence-corrected chi connectivity index (χ1v) is 6.49. The molecule has 1 aromatic rings. The highest BCUT2D eigenvalue weighted by Crippen LogP contribution is 2.21. The summed E-state index contributed by atoms with van der Waals surface area (Å²) in [4.78, 5) is 0. The lowest BCUT2D eigenvalue weighted by molar-refractivity contribution is 0.0130. The molecule has 2 N–H and O–H groups in total. The SMILES string of the molecule is CCCC(O)C(O)c1cccc(CC(C)C)c1. The number of benzene rings is 1. The van der Waals surface area contributed by atoms with Crippen LogP contribution >= 0.6 is 0 Å². The van der Waals surface area contributed by atoms with Gasteiger partial charge in [0.15, 0.2) is 0 Å². The third kappa shape index (κ3) is 4.49. The minimum atomic E-state index is -0.762. The fraction of sp³-hybridized carbons (Fsp3) is 0.600. The lowest BCUT2D eigenvalue weighted by Crippen LogP contribution is -2.18. The van der Waals surface area contributed by atoms with Gasteiger partial charge < -0.3 is 10.2 Å². The maximum absolute atomic E-state index is 10.0. The van der Waals surface area contributed by atoms with Crippen molar-refractivity contribution >= 4 is 0 Å². The van der Waals surface area contributed by atoms with Crippen LogP contribution in [0, 0.1) is 5.92 Å². The Bertz CT molecular complexity index is 333. The Balaban J connectivity index is 2.76. The molecule has 0 aliphatic rings. The smallest absolute Gasteiger partial charge is 0.105 e. The van der Waals surface area contributed by atoms with E-state index in [1.54, 1.807) is 0 Å². The average molecular weight is 236 g/mol. The standard InChI is InChI=1S/C15H24O2/c1-4-6-14(16)15(17)13-8-5-7-12(10-13)9-11(2)3/h5,7-8,10-11,14-17H,4,6,9H2,1-3H3. The van der Waals surface area contributed by atoms with Gasteiger partial charge in [-0.25, -0.2) is 0 Å². The van der Waals surface area contributed by atoms with Crippen molar-refractivity contribution in [1.82, 2.24) is 0 Å². The van der Waals surface area contributed by atoms with E-state index in [0.29, 0.717) is 12.3 Å². The molecule has 0 heterocycles. The molecular weight excluding hydrogens is 212 g/mol. The molecule has 1 aromatic carbocycles. The second-order valence-corrected chi connectivity index (χ2v) is 5.14. The fourth-order valence-electron chi connectivity index (χ4n) is 2.05. The molecule has 0 fully saturated rings. The van der Waals surface area contributed by atoms with Crippen LogP contribution in [0.4, 0.5) is 0 Å². The Morgan fingerprint density at radius 2 is 1.88 bits per heavy atom. The van der Waals surface area contributed by atoms with Gasteiger partial charge in [0, 0.05) is 0 Å². The number of hydrogen-bond acceptors (Lipinski definition) is 2. The average Bonchev–Trinajstić information content (AvgIpc) is 2.28. The van der Waals surface area contributed by atoms with Gasteiger partial charge in [0.2, 0.25) is 0 Å². The van der Waals surface area contributed by atoms with Crippen LogP contribution in [0.15, 0.2) is 24.3 Å². The monoisotopic (exact) mass is 236 g/mol. The molecule has 2 atom stereocenters. The van der Waals surface area contributed by atoms with E-state index in [9.17, 15) is 10.2 Å². The second kappa shape index (κ2) is 6.77. The summed E-state index contributed by atoms with van der Waals surface area (Å²) in [7, 11) is 0. The second-order valence-electron chi connectivity index (χ2n) is 5.14. The summed E-state index contributed by atoms with van der Waals surface area (Å²) in [6.07, 6.45) is 1.10. The van der Waals surface area contributed by atoms with E-state index in [-0.39, 0.29) is 0 Å². The summed E-state index contributed by atoms with van der Waals surface area (Å²) in [5.74, 6) is 0.600. The van der Waals surface area contributed by atoms with Crippen molar-refractivity contribution in [3.63, 3.8) is 0 Å². The van der Waals surface area contributed by atoms with E-state index >= 15 is 0 Å². The van der Waals surface area contributed by atoms with Crippen molar-refractivity contribution in [1.29, 1.82) is 0 Å². The molecule has 0 aliphatic heterocycles. The third-order valence-corrected chi connectivity index (χ3v) is 2.89. The maximum atomic E-state index is 10.0. The van der Waals surface area contributed by atoms with E-state index in [0.717, 1.165) is 18.4 Å². The largest absolute Gasteiger partial charge is 0.390 e. The topological polar surface area (TPSA) is 40.5 Å². The summed E-state index contributed by atoms with van der Waals surface area (Å²) in [6.45, 7) is 6.36. The molecule has 0 radical (unpaired) electrons. The molecule has 0 saturated carbocycles. The van der Waals surface area contributed by atoms with Gasteiger partial charge in [0.25, 0.3) is 0 Å². The van der Waals surface area contributed by atoms with E-state index in [1.165, 1.54) is 5.56 Å². The summed E-state index contributed by atoms with van der Waals surface area (Å²) in [5, 5.41) is 19.8. The quantitative estimate of drug-likeness (QED) is 0.797. The number of rotatable bonds is 6. The zero-order valence-electron chi connectivity index (χ0n) is 11.1. The van der Waals surface area contributed by atoms with Gasteiger partial charge >= 0.3 is 0 Å². The minimum Gasteiger partial charge on any atom is -0.390 e. The van der Waals surface area contributed by atoms with Crippen molar-refractivity contribution in [2.45, 2.75) is 52.2 Å². The Kier molecular flexibility index (Phi) is 5.66. The molecular formula is C15H24O2. The van der Waals surface area contributed by atoms with Crippen LogP contribution in [-0.2, 0) is 6.42 Å². The van der Waals surface area contributed by atoms with Gasteiger partial charge in [0.05, 0.1) is 6.10 Å². The Labute approximate surface area is 104 Å². The molecule has 0 aromatic heterocycles. The van der Waals surface area contributed by atoms with Gasteiger partial charge in [-0.15, -0.1) is 0 Å². The molecule has 0 aliphatic carbocycles. The molecule has 17 heavy (non-hydrogen) atoms. The van der Waals surface area contributed by atoms with Crippen molar-refractivity contribution in [2.75, 3.05) is 0 Å². The van der Waals surface area contributed by atoms with E-state index in [2.05, 4.69) is 19.9 Å². The number of aliphatic hydroxyl groups excluding tert-OH is 2. The van der Waals surface area contributed by atoms with Crippen molar-refractivity contribution in [3.8, 4) is 0 Å². The first-order valence-electron chi connectivity index (χ1n) is 6.49. The van der Waals surface area contributed by atoms with Gasteiger partial charge in [0.1, 0.15) is 6.10 Å². The Hall–Kier alpha value is -0.860. The molecule has 2 unspecified atom stereocenters. The zero-order chi connectivity index (χ0) is 12.8. The normalized spacial score (nSPS) is 14.9. The van der Waals surface area contributed by atoms with E-state index in [4.69, 9.17) is 0 Å². The lowest BCUT2D eigenvalue weighted by Gasteiger charge is -2.18. The molecule has 0 spiro atoms. The predicted molar refractivity (Wildman–Crippen MR) is 70.9 cm³/mol. The molecule has 2 heteroatoms. The zero-order valence-corrected chi connectivity index (χ0v) is 11.1. The molecule has 1 rings (SSSR count). The summed E-state index contributed by atoms with van der Waals surface area (Å²) < 4.78 is 0. The number of hydrogen-bond donors (Lipinski definition) is 2. The highest BCUT2D eigenvalue weighted by atomic mass is 16.3. The Morgan fingerprint density at radius 1 is 1.18 bits per heavy atom. The van der Waals surface area contributed by atoms with Crippen LogP contribution in [0.5, 0.6) is 0 Å². The van der Waals surface area contributed by atoms with Crippen LogP contribution in [0.2, 0.25) is 0 Å². The van der Waals surface area contributed by atoms with E-state index < -0.39 is 12.2 Å². The molecule has 0 amide bonds. The Morgan fingerprint density at radius 3 is 2.47 bits per heavy atom. The van der Waals surface area contributed by atoms with E-state index in [1.807, 2.05) is 25.1 Å². The fourth-order valence-corrected chi connectivity index (χ4v) is 2.05. The third-order valence-electron chi connectivity index (χ3n) is 2.89. The maximum Gasteiger partial charge on any atom is 0.105 e. The van der Waals surface area contributed by atoms with Crippen LogP contribution in [0.3, 0.4) is 0 Å². The van der Waals surface area contributed by atoms with Crippen molar-refractivity contribution in [3.05, 3.63) is 35.4 Å². The van der Waals surface area contributed by atoms with Crippen molar-refractivity contribution in [2.24, 2.45) is 5.92 Å². The first-order chi connectivity index (χ1) is 8.04. The molecule has 0 bridgehead atoms. The summed E-state index contributed by atoms with van der Waals surface area (Å²) >= 11 is 0. The van der Waals surface area contributed by atoms with Crippen LogP contribution in [0.25, 0.3) is 0 Å². The minimum absolute atomic E-state index is 0.600. The molecule has 2 nitrogen and oxygen atoms in total. The van der Waals surface area contributed by atoms with Gasteiger partial charge in [-0.2, -0.15) is 0 Å². The lowest BCUT2D eigenvalue weighted by atomic mass is 9.96. The molecule has 0 saturated heterocycles.